The molecule has 3 nitrogen and oxygen atoms in total. The highest BCUT2D eigenvalue weighted by molar-refractivity contribution is 6.31. The van der Waals surface area contributed by atoms with E-state index in [-0.39, 0.29) is 5.82 Å². The normalized spacial score (nSPS) is 10.8. The number of anilines is 1. The number of hydrogen-bond donors (Lipinski definition) is 2. The highest BCUT2D eigenvalue weighted by atomic mass is 35.5. The Morgan fingerprint density at radius 2 is 1.95 bits per heavy atom. The Hall–Kier alpha value is -2.33. The molecule has 0 saturated carbocycles. The summed E-state index contributed by atoms with van der Waals surface area (Å²) in [6.45, 7) is 1.92. The molecule has 0 aliphatic rings. The summed E-state index contributed by atoms with van der Waals surface area (Å²) >= 11 is 6.05. The van der Waals surface area contributed by atoms with Crippen molar-refractivity contribution >= 4 is 17.4 Å². The number of nitrogens with one attached hydrogen (secondary N) is 1. The average molecular weight is 302 g/mol. The molecule has 0 spiro atoms. The fourth-order valence-electron chi connectivity index (χ4n) is 2.30. The first kappa shape index (κ1) is 13.6. The second-order valence-electron chi connectivity index (χ2n) is 4.83. The Morgan fingerprint density at radius 1 is 1.14 bits per heavy atom. The van der Waals surface area contributed by atoms with E-state index in [2.05, 4.69) is 10.2 Å². The van der Waals surface area contributed by atoms with E-state index in [9.17, 15) is 4.39 Å². The largest absolute Gasteiger partial charge is 0.382 e. The number of rotatable bonds is 2. The van der Waals surface area contributed by atoms with E-state index in [1.165, 1.54) is 12.1 Å². The average Bonchev–Trinajstić information content (AvgIpc) is 2.84. The molecule has 5 heteroatoms. The van der Waals surface area contributed by atoms with Gasteiger partial charge in [-0.15, -0.1) is 0 Å². The number of nitrogen functional groups attached to an aromatic ring is 1. The minimum absolute atomic E-state index is 0.314. The zero-order valence-electron chi connectivity index (χ0n) is 11.3. The first-order chi connectivity index (χ1) is 10.1. The molecule has 0 saturated heterocycles. The molecule has 1 heterocycles. The second kappa shape index (κ2) is 5.22. The van der Waals surface area contributed by atoms with E-state index >= 15 is 0 Å². The maximum atomic E-state index is 13.5. The van der Waals surface area contributed by atoms with Crippen LogP contribution in [0.3, 0.4) is 0 Å². The predicted molar refractivity (Wildman–Crippen MR) is 83.6 cm³/mol. The van der Waals surface area contributed by atoms with Gasteiger partial charge in [0.25, 0.3) is 0 Å². The van der Waals surface area contributed by atoms with Crippen molar-refractivity contribution in [2.45, 2.75) is 6.92 Å². The molecule has 3 aromatic rings. The van der Waals surface area contributed by atoms with Crippen LogP contribution < -0.4 is 5.73 Å². The standard InChI is InChI=1S/C16H13ClFN3/c1-9-7-11(5-6-13(9)17)15-14(16(19)21-20-15)10-3-2-4-12(18)8-10/h2-8H,1H3,(H3,19,20,21). The summed E-state index contributed by atoms with van der Waals surface area (Å²) in [7, 11) is 0. The fraction of sp³-hybridized carbons (Fsp3) is 0.0625. The minimum Gasteiger partial charge on any atom is -0.382 e. The molecule has 2 aromatic carbocycles. The van der Waals surface area contributed by atoms with E-state index in [0.717, 1.165) is 16.8 Å². The molecule has 0 amide bonds. The Bertz CT molecular complexity index is 811. The SMILES string of the molecule is Cc1cc(-c2[nH]nc(N)c2-c2cccc(F)c2)ccc1Cl. The number of benzene rings is 2. The zero-order chi connectivity index (χ0) is 15.0. The minimum atomic E-state index is -0.314. The Morgan fingerprint density at radius 3 is 2.67 bits per heavy atom. The highest BCUT2D eigenvalue weighted by Gasteiger charge is 2.15. The van der Waals surface area contributed by atoms with Crippen molar-refractivity contribution in [3.8, 4) is 22.4 Å². The molecule has 0 bridgehead atoms. The maximum absolute atomic E-state index is 13.5. The van der Waals surface area contributed by atoms with Gasteiger partial charge in [-0.1, -0.05) is 29.8 Å². The van der Waals surface area contributed by atoms with Gasteiger partial charge < -0.3 is 5.73 Å². The summed E-state index contributed by atoms with van der Waals surface area (Å²) in [5, 5.41) is 7.66. The lowest BCUT2D eigenvalue weighted by atomic mass is 10.00. The molecule has 106 valence electrons. The predicted octanol–water partition coefficient (Wildman–Crippen LogP) is 4.43. The zero-order valence-corrected chi connectivity index (χ0v) is 12.1. The third-order valence-corrected chi connectivity index (χ3v) is 3.78. The van der Waals surface area contributed by atoms with Crippen LogP contribution in [0.4, 0.5) is 10.2 Å². The van der Waals surface area contributed by atoms with Gasteiger partial charge in [0.15, 0.2) is 5.82 Å². The van der Waals surface area contributed by atoms with Crippen LogP contribution in [-0.4, -0.2) is 10.2 Å². The van der Waals surface area contributed by atoms with Crippen molar-refractivity contribution in [2.24, 2.45) is 0 Å². The molecule has 0 aliphatic heterocycles. The summed E-state index contributed by atoms with van der Waals surface area (Å²) in [6, 6.07) is 11.9. The van der Waals surface area contributed by atoms with E-state index < -0.39 is 0 Å². The van der Waals surface area contributed by atoms with Crippen LogP contribution in [0.25, 0.3) is 22.4 Å². The molecule has 3 N–H and O–H groups in total. The monoisotopic (exact) mass is 301 g/mol. The van der Waals surface area contributed by atoms with Crippen LogP contribution in [0.1, 0.15) is 5.56 Å². The fourth-order valence-corrected chi connectivity index (χ4v) is 2.42. The highest BCUT2D eigenvalue weighted by Crippen LogP contribution is 2.35. The summed E-state index contributed by atoms with van der Waals surface area (Å²) < 4.78 is 13.5. The number of aryl methyl sites for hydroxylation is 1. The van der Waals surface area contributed by atoms with Gasteiger partial charge in [0.05, 0.1) is 11.3 Å². The molecule has 0 atom stereocenters. The molecule has 0 radical (unpaired) electrons. The lowest BCUT2D eigenvalue weighted by Gasteiger charge is -2.07. The molecule has 0 fully saturated rings. The number of nitrogens with zero attached hydrogens (tertiary/aromatic N) is 1. The van der Waals surface area contributed by atoms with Crippen LogP contribution in [0.15, 0.2) is 42.5 Å². The van der Waals surface area contributed by atoms with E-state index in [0.29, 0.717) is 22.0 Å². The topological polar surface area (TPSA) is 54.7 Å². The molecule has 0 unspecified atom stereocenters. The van der Waals surface area contributed by atoms with Crippen molar-refractivity contribution in [3.05, 3.63) is 58.9 Å². The van der Waals surface area contributed by atoms with Gasteiger partial charge in [0.2, 0.25) is 0 Å². The quantitative estimate of drug-likeness (QED) is 0.736. The Kier molecular flexibility index (Phi) is 3.39. The number of nitrogens with two attached hydrogens (primary N) is 1. The number of aromatic amines is 1. The van der Waals surface area contributed by atoms with Crippen molar-refractivity contribution in [1.29, 1.82) is 0 Å². The molecule has 21 heavy (non-hydrogen) atoms. The van der Waals surface area contributed by atoms with Crippen LogP contribution >= 0.6 is 11.6 Å². The van der Waals surface area contributed by atoms with Gasteiger partial charge in [-0.25, -0.2) is 4.39 Å². The van der Waals surface area contributed by atoms with Gasteiger partial charge in [0, 0.05) is 10.6 Å². The first-order valence-corrected chi connectivity index (χ1v) is 6.80. The summed E-state index contributed by atoms with van der Waals surface area (Å²) in [5.74, 6) is 0.0227. The molecule has 1 aromatic heterocycles. The van der Waals surface area contributed by atoms with E-state index in [1.807, 2.05) is 25.1 Å². The third-order valence-electron chi connectivity index (χ3n) is 3.35. The molecule has 3 rings (SSSR count). The maximum Gasteiger partial charge on any atom is 0.153 e. The van der Waals surface area contributed by atoms with Crippen molar-refractivity contribution in [1.82, 2.24) is 10.2 Å². The van der Waals surface area contributed by atoms with Crippen LogP contribution in [-0.2, 0) is 0 Å². The Labute approximate surface area is 126 Å². The lowest BCUT2D eigenvalue weighted by Crippen LogP contribution is -1.90. The van der Waals surface area contributed by atoms with Crippen LogP contribution in [0.5, 0.6) is 0 Å². The summed E-state index contributed by atoms with van der Waals surface area (Å²) in [4.78, 5) is 0. The number of halogens is 2. The van der Waals surface area contributed by atoms with E-state index in [4.69, 9.17) is 17.3 Å². The molecular weight excluding hydrogens is 289 g/mol. The second-order valence-corrected chi connectivity index (χ2v) is 5.24. The van der Waals surface area contributed by atoms with Crippen molar-refractivity contribution in [2.75, 3.05) is 5.73 Å². The van der Waals surface area contributed by atoms with Crippen LogP contribution in [0.2, 0.25) is 5.02 Å². The van der Waals surface area contributed by atoms with Crippen molar-refractivity contribution < 1.29 is 4.39 Å². The molecular formula is C16H13ClFN3. The Balaban J connectivity index is 2.19. The van der Waals surface area contributed by atoms with Crippen molar-refractivity contribution in [3.63, 3.8) is 0 Å². The summed E-state index contributed by atoms with van der Waals surface area (Å²) in [5.41, 5.74) is 9.92. The van der Waals surface area contributed by atoms with E-state index in [1.54, 1.807) is 12.1 Å². The van der Waals surface area contributed by atoms with Gasteiger partial charge in [-0.2, -0.15) is 5.10 Å². The van der Waals surface area contributed by atoms with Gasteiger partial charge >= 0.3 is 0 Å². The third kappa shape index (κ3) is 2.50. The number of hydrogen-bond acceptors (Lipinski definition) is 2. The smallest absolute Gasteiger partial charge is 0.153 e. The van der Waals surface area contributed by atoms with Gasteiger partial charge in [-0.05, 0) is 42.3 Å². The number of H-pyrrole nitrogens is 1. The van der Waals surface area contributed by atoms with Gasteiger partial charge in [-0.3, -0.25) is 5.10 Å². The van der Waals surface area contributed by atoms with Crippen LogP contribution in [0, 0.1) is 12.7 Å². The lowest BCUT2D eigenvalue weighted by molar-refractivity contribution is 0.628. The number of aromatic nitrogens is 2. The summed E-state index contributed by atoms with van der Waals surface area (Å²) in [6.07, 6.45) is 0. The first-order valence-electron chi connectivity index (χ1n) is 6.42. The van der Waals surface area contributed by atoms with Gasteiger partial charge in [0.1, 0.15) is 5.82 Å². The molecule has 0 aliphatic carbocycles.